The van der Waals surface area contributed by atoms with E-state index in [2.05, 4.69) is 223 Å². The second kappa shape index (κ2) is 12.3. The first-order valence-electron chi connectivity index (χ1n) is 19.2. The molecular weight excluding hydrogens is 699 g/mol. The van der Waals surface area contributed by atoms with Gasteiger partial charge in [0, 0.05) is 28.4 Å². The molecule has 0 unspecified atom stereocenters. The fourth-order valence-corrected chi connectivity index (χ4v) is 8.60. The van der Waals surface area contributed by atoms with E-state index in [0.29, 0.717) is 0 Å². The van der Waals surface area contributed by atoms with Gasteiger partial charge in [-0.1, -0.05) is 97.1 Å². The van der Waals surface area contributed by atoms with E-state index in [1.165, 1.54) is 0 Å². The largest absolute Gasteiger partial charge is 0.310 e. The minimum absolute atomic E-state index is 0.891. The molecule has 0 atom stereocenters. The van der Waals surface area contributed by atoms with Gasteiger partial charge in [-0.15, -0.1) is 0 Å². The number of nitrogens with zero attached hydrogens (tertiary/aromatic N) is 7. The Kier molecular flexibility index (Phi) is 6.79. The minimum Gasteiger partial charge on any atom is -0.310 e. The van der Waals surface area contributed by atoms with Crippen LogP contribution in [0.5, 0.6) is 0 Å². The number of anilines is 3. The molecule has 0 aliphatic carbocycles. The van der Waals surface area contributed by atoms with Crippen LogP contribution >= 0.6 is 0 Å². The average Bonchev–Trinajstić information content (AvgIpc) is 4.01. The van der Waals surface area contributed by atoms with E-state index in [1.54, 1.807) is 0 Å². The van der Waals surface area contributed by atoms with Crippen molar-refractivity contribution < 1.29 is 0 Å². The topological polar surface area (TPSA) is 47.7 Å². The highest BCUT2D eigenvalue weighted by molar-refractivity contribution is 5.96. The van der Waals surface area contributed by atoms with Crippen LogP contribution in [0, 0.1) is 0 Å². The second-order valence-corrected chi connectivity index (χ2v) is 14.4. The molecule has 0 spiro atoms. The van der Waals surface area contributed by atoms with Crippen LogP contribution in [-0.2, 0) is 0 Å². The number of hydrogen-bond donors (Lipinski definition) is 0. The molecule has 0 radical (unpaired) electrons. The maximum Gasteiger partial charge on any atom is 0.220 e. The zero-order valence-electron chi connectivity index (χ0n) is 30.7. The van der Waals surface area contributed by atoms with E-state index < -0.39 is 0 Å². The van der Waals surface area contributed by atoms with Crippen molar-refractivity contribution in [1.29, 1.82) is 0 Å². The highest BCUT2D eigenvalue weighted by atomic mass is 15.2. The number of rotatable bonds is 6. The summed E-state index contributed by atoms with van der Waals surface area (Å²) in [5.74, 6) is 1.79. The van der Waals surface area contributed by atoms with Gasteiger partial charge in [0.05, 0.1) is 44.1 Å². The Morgan fingerprint density at radius 1 is 0.316 bits per heavy atom. The summed E-state index contributed by atoms with van der Waals surface area (Å²) in [7, 11) is 0. The Morgan fingerprint density at radius 2 is 0.754 bits per heavy atom. The molecule has 0 saturated carbocycles. The third-order valence-electron chi connectivity index (χ3n) is 11.1. The number of imidazole rings is 4. The molecule has 8 aromatic carbocycles. The van der Waals surface area contributed by atoms with Crippen LogP contribution in [0.4, 0.5) is 17.1 Å². The zero-order valence-corrected chi connectivity index (χ0v) is 30.7. The van der Waals surface area contributed by atoms with Crippen LogP contribution in [0.2, 0.25) is 0 Å². The SMILES string of the molecule is c1ccc(N(c2ccc(-c3ccc4c(c3)n3c5ccccc5nc3n4-c3ccccc3)cc2)c2ccc3c(c2)n2c4ccccc4nc2n3-c2ccccc2)cc1. The van der Waals surface area contributed by atoms with Crippen LogP contribution in [0.1, 0.15) is 0 Å². The molecule has 0 amide bonds. The van der Waals surface area contributed by atoms with Gasteiger partial charge in [-0.25, -0.2) is 9.97 Å². The molecule has 57 heavy (non-hydrogen) atoms. The molecule has 12 aromatic rings. The molecule has 268 valence electrons. The fourth-order valence-electron chi connectivity index (χ4n) is 8.60. The molecule has 7 nitrogen and oxygen atoms in total. The lowest BCUT2D eigenvalue weighted by molar-refractivity contribution is 1.11. The third-order valence-corrected chi connectivity index (χ3v) is 11.1. The van der Waals surface area contributed by atoms with E-state index in [4.69, 9.17) is 9.97 Å². The van der Waals surface area contributed by atoms with Crippen LogP contribution in [0.3, 0.4) is 0 Å². The summed E-state index contributed by atoms with van der Waals surface area (Å²) in [6.07, 6.45) is 0. The van der Waals surface area contributed by atoms with Crippen LogP contribution in [0.25, 0.3) is 78.2 Å². The highest BCUT2D eigenvalue weighted by Crippen LogP contribution is 2.39. The molecule has 0 fully saturated rings. The molecule has 4 aromatic heterocycles. The van der Waals surface area contributed by atoms with Crippen LogP contribution < -0.4 is 4.90 Å². The van der Waals surface area contributed by atoms with E-state index in [0.717, 1.165) is 95.3 Å². The highest BCUT2D eigenvalue weighted by Gasteiger charge is 2.21. The second-order valence-electron chi connectivity index (χ2n) is 14.4. The predicted molar refractivity (Wildman–Crippen MR) is 233 cm³/mol. The number of fused-ring (bicyclic) bond motifs is 10. The van der Waals surface area contributed by atoms with Gasteiger partial charge in [0.1, 0.15) is 0 Å². The summed E-state index contributed by atoms with van der Waals surface area (Å²) >= 11 is 0. The van der Waals surface area contributed by atoms with Crippen molar-refractivity contribution in [1.82, 2.24) is 27.9 Å². The monoisotopic (exact) mass is 731 g/mol. The number of benzene rings is 8. The Labute approximate surface area is 327 Å². The predicted octanol–water partition coefficient (Wildman–Crippen LogP) is 12.3. The van der Waals surface area contributed by atoms with Gasteiger partial charge in [-0.3, -0.25) is 17.9 Å². The molecule has 0 aliphatic rings. The minimum atomic E-state index is 0.891. The lowest BCUT2D eigenvalue weighted by atomic mass is 10.0. The lowest BCUT2D eigenvalue weighted by Gasteiger charge is -2.26. The summed E-state index contributed by atoms with van der Waals surface area (Å²) in [5.41, 5.74) is 16.2. The Hall–Kier alpha value is -7.90. The first-order valence-corrected chi connectivity index (χ1v) is 19.2. The third kappa shape index (κ3) is 4.79. The van der Waals surface area contributed by atoms with Gasteiger partial charge in [0.25, 0.3) is 0 Å². The standard InChI is InChI=1S/C50H33N7/c1-4-14-36(15-5-1)53(40-29-31-46-48(33-40)57-44-23-13-11-21-42(44)52-50(57)55(46)38-18-8-3-9-19-38)39-27-24-34(25-28-39)35-26-30-45-47(32-35)56-43-22-12-10-20-41(43)51-49(56)54(45)37-16-6-2-7-17-37/h1-33H. The van der Waals surface area contributed by atoms with Crippen molar-refractivity contribution in [3.05, 3.63) is 200 Å². The molecule has 0 saturated heterocycles. The molecular formula is C50H33N7. The molecule has 0 N–H and O–H groups in total. The number of aromatic nitrogens is 6. The summed E-state index contributed by atoms with van der Waals surface area (Å²) < 4.78 is 9.08. The van der Waals surface area contributed by atoms with E-state index in [-0.39, 0.29) is 0 Å². The Bertz CT molecular complexity index is 3450. The van der Waals surface area contributed by atoms with E-state index in [1.807, 2.05) is 0 Å². The quantitative estimate of drug-likeness (QED) is 0.171. The van der Waals surface area contributed by atoms with Crippen molar-refractivity contribution in [2.75, 3.05) is 4.90 Å². The normalized spacial score (nSPS) is 11.9. The number of para-hydroxylation sites is 7. The summed E-state index contributed by atoms with van der Waals surface area (Å²) in [6, 6.07) is 70.7. The molecule has 4 heterocycles. The van der Waals surface area contributed by atoms with Crippen molar-refractivity contribution >= 4 is 72.8 Å². The first-order chi connectivity index (χ1) is 28.3. The molecule has 12 rings (SSSR count). The van der Waals surface area contributed by atoms with Crippen molar-refractivity contribution in [2.45, 2.75) is 0 Å². The maximum absolute atomic E-state index is 5.13. The van der Waals surface area contributed by atoms with Crippen molar-refractivity contribution in [3.63, 3.8) is 0 Å². The number of hydrogen-bond acceptors (Lipinski definition) is 3. The molecule has 0 aliphatic heterocycles. The maximum atomic E-state index is 5.13. The van der Waals surface area contributed by atoms with Gasteiger partial charge in [-0.05, 0) is 114 Å². The van der Waals surface area contributed by atoms with E-state index in [9.17, 15) is 0 Å². The van der Waals surface area contributed by atoms with Gasteiger partial charge >= 0.3 is 0 Å². The van der Waals surface area contributed by atoms with Gasteiger partial charge < -0.3 is 4.90 Å². The Balaban J connectivity index is 1.01. The van der Waals surface area contributed by atoms with Crippen LogP contribution in [0.15, 0.2) is 200 Å². The molecule has 7 heteroatoms. The fraction of sp³-hybridized carbons (Fsp3) is 0. The van der Waals surface area contributed by atoms with Gasteiger partial charge in [0.15, 0.2) is 0 Å². The zero-order chi connectivity index (χ0) is 37.5. The van der Waals surface area contributed by atoms with Crippen molar-refractivity contribution in [2.24, 2.45) is 0 Å². The van der Waals surface area contributed by atoms with E-state index >= 15 is 0 Å². The summed E-state index contributed by atoms with van der Waals surface area (Å²) in [4.78, 5) is 12.6. The molecule has 0 bridgehead atoms. The van der Waals surface area contributed by atoms with Gasteiger partial charge in [0.2, 0.25) is 11.6 Å². The lowest BCUT2D eigenvalue weighted by Crippen LogP contribution is -2.09. The summed E-state index contributed by atoms with van der Waals surface area (Å²) in [5, 5.41) is 0. The smallest absolute Gasteiger partial charge is 0.220 e. The van der Waals surface area contributed by atoms with Crippen LogP contribution in [-0.4, -0.2) is 27.9 Å². The summed E-state index contributed by atoms with van der Waals surface area (Å²) in [6.45, 7) is 0. The van der Waals surface area contributed by atoms with Gasteiger partial charge in [-0.2, -0.15) is 0 Å². The van der Waals surface area contributed by atoms with Crippen molar-refractivity contribution in [3.8, 4) is 22.5 Å². The average molecular weight is 732 g/mol. The first kappa shape index (κ1) is 31.5. The Morgan fingerprint density at radius 3 is 1.33 bits per heavy atom.